The summed E-state index contributed by atoms with van der Waals surface area (Å²) in [7, 11) is 5.10. The molecule has 11 nitrogen and oxygen atoms in total. The van der Waals surface area contributed by atoms with Crippen molar-refractivity contribution in [3.63, 3.8) is 0 Å². The molecule has 23 aromatic rings. The van der Waals surface area contributed by atoms with Gasteiger partial charge in [0.1, 0.15) is 17.2 Å². The Bertz CT molecular complexity index is 7750. The number of aryl methyl sites for hydroxylation is 2. The molecule has 0 fully saturated rings. The first-order valence-electron chi connectivity index (χ1n) is 50.6. The Morgan fingerprint density at radius 3 is 0.513 bits per heavy atom. The number of anilines is 24. The van der Waals surface area contributed by atoms with Crippen LogP contribution >= 0.6 is 0 Å². The molecule has 23 rings (SSSR count). The second kappa shape index (κ2) is 46.0. The van der Waals surface area contributed by atoms with Gasteiger partial charge in [0.05, 0.1) is 32.7 Å². The van der Waals surface area contributed by atoms with Gasteiger partial charge in [0, 0.05) is 154 Å². The SMILES string of the molecule is COc1cccc(N(c2ccccc2)c2ccc(N(c3ccc(N(c4ccccc4)c4cccc(OC)c4)cc3)c3ccc(N(c4ccccc4)c4cccc(OC)c4)cc3)cc2)c1.Cc1cccc(N(c2ccccc2)c2ccc(-c3ccc(N(c4ccccc4)c4cccc(C)c4)cc3)cc2)c1.c1ccc(N(c2ccc(-c3ccc(N(c4ccccc4)c4cccc5ccccc45)cc3)cc2)c2cccc3ccccc23)cc1. The molecule has 0 aromatic heterocycles. The molecule has 150 heavy (non-hydrogen) atoms. The molecule has 0 aliphatic carbocycles. The molecule has 0 aliphatic rings. The van der Waals surface area contributed by atoms with Crippen LogP contribution in [0, 0.1) is 13.8 Å². The summed E-state index contributed by atoms with van der Waals surface area (Å²) in [5.74, 6) is 2.38. The Balaban J connectivity index is 0.000000136. The highest BCUT2D eigenvalue weighted by molar-refractivity contribution is 6.01. The minimum Gasteiger partial charge on any atom is -0.497 e. The standard InChI is InChI=1S/C57H48N4O3.C44H32N2.C38H32N2/c1-62-55-25-13-22-52(40-55)59(43-16-7-4-8-17-43)49-34-28-46(29-35-49)58(47-30-36-50(37-31-47)60(44-18-9-5-10-19-44)53-23-14-26-56(41-53)63-2)48-32-38-51(39-33-48)61(45-20-11-6-12-21-45)54-24-15-27-57(42-54)64-3;1-3-17-37(18-4-1)45(43-23-11-15-35-13-7-9-21-41(35)43)39-29-25-33(26-30-39)34-27-31-40(32-28-34)46(38-19-5-2-6-20-38)44-24-12-16-36-14-8-10-22-42(36)44;1-29-11-9-17-37(27-29)39(33-13-5-3-6-14-33)35-23-19-31(20-24-35)32-21-25-36(26-22-32)40(34-15-7-4-8-16-34)38-18-10-12-30(2)28-38/h4-42H,1-3H3;1-32H;3-28H,1-2H3. The fourth-order valence-corrected chi connectivity index (χ4v) is 19.6. The Hall–Kier alpha value is -19.6. The second-order valence-corrected chi connectivity index (χ2v) is 36.5. The van der Waals surface area contributed by atoms with Crippen molar-refractivity contribution < 1.29 is 14.2 Å². The van der Waals surface area contributed by atoms with Crippen LogP contribution in [-0.4, -0.2) is 21.3 Å². The van der Waals surface area contributed by atoms with E-state index in [1.54, 1.807) is 21.3 Å². The molecular formula is C139H112N8O3. The summed E-state index contributed by atoms with van der Waals surface area (Å²) in [4.78, 5) is 18.3. The fraction of sp³-hybridized carbons (Fsp3) is 0.0360. The molecule has 0 amide bonds. The number of fused-ring (bicyclic) bond motifs is 2. The van der Waals surface area contributed by atoms with Crippen molar-refractivity contribution >= 4 is 158 Å². The first-order chi connectivity index (χ1) is 74.1. The fourth-order valence-electron chi connectivity index (χ4n) is 19.6. The van der Waals surface area contributed by atoms with Gasteiger partial charge in [-0.2, -0.15) is 0 Å². The number of hydrogen-bond donors (Lipinski definition) is 0. The zero-order valence-corrected chi connectivity index (χ0v) is 84.3. The number of methoxy groups -OCH3 is 3. The summed E-state index contributed by atoms with van der Waals surface area (Å²) in [5, 5.41) is 4.90. The molecule has 0 N–H and O–H groups in total. The van der Waals surface area contributed by atoms with E-state index in [0.29, 0.717) is 0 Å². The van der Waals surface area contributed by atoms with Gasteiger partial charge >= 0.3 is 0 Å². The van der Waals surface area contributed by atoms with E-state index in [1.807, 2.05) is 54.6 Å². The monoisotopic (exact) mass is 1940 g/mol. The zero-order chi connectivity index (χ0) is 102. The molecule has 0 bridgehead atoms. The zero-order valence-electron chi connectivity index (χ0n) is 84.3. The van der Waals surface area contributed by atoms with Crippen LogP contribution in [0.2, 0.25) is 0 Å². The van der Waals surface area contributed by atoms with Crippen LogP contribution in [0.25, 0.3) is 43.8 Å². The summed E-state index contributed by atoms with van der Waals surface area (Å²) >= 11 is 0. The maximum atomic E-state index is 5.64. The van der Waals surface area contributed by atoms with E-state index in [4.69, 9.17) is 14.2 Å². The summed E-state index contributed by atoms with van der Waals surface area (Å²) in [5.41, 5.74) is 33.1. The topological polar surface area (TPSA) is 53.6 Å². The van der Waals surface area contributed by atoms with Gasteiger partial charge in [-0.05, 0) is 337 Å². The van der Waals surface area contributed by atoms with Crippen molar-refractivity contribution in [1.82, 2.24) is 0 Å². The lowest BCUT2D eigenvalue weighted by Gasteiger charge is -2.30. The molecule has 0 spiro atoms. The molecule has 0 atom stereocenters. The van der Waals surface area contributed by atoms with E-state index in [-0.39, 0.29) is 0 Å². The third-order valence-corrected chi connectivity index (χ3v) is 26.8. The van der Waals surface area contributed by atoms with E-state index in [2.05, 4.69) is 587 Å². The van der Waals surface area contributed by atoms with Gasteiger partial charge in [-0.3, -0.25) is 0 Å². The van der Waals surface area contributed by atoms with E-state index in [9.17, 15) is 0 Å². The van der Waals surface area contributed by atoms with Gasteiger partial charge in [-0.1, -0.05) is 291 Å². The van der Waals surface area contributed by atoms with Gasteiger partial charge in [-0.15, -0.1) is 0 Å². The summed E-state index contributed by atoms with van der Waals surface area (Å²) in [6, 6.07) is 207. The molecule has 0 aliphatic heterocycles. The van der Waals surface area contributed by atoms with Crippen LogP contribution in [0.1, 0.15) is 11.1 Å². The van der Waals surface area contributed by atoms with Crippen molar-refractivity contribution in [2.45, 2.75) is 13.8 Å². The minimum atomic E-state index is 0.794. The number of ether oxygens (including phenoxy) is 3. The lowest BCUT2D eigenvalue weighted by molar-refractivity contribution is 0.415. The lowest BCUT2D eigenvalue weighted by Crippen LogP contribution is -2.14. The molecular weight excluding hydrogens is 1830 g/mol. The van der Waals surface area contributed by atoms with Crippen LogP contribution in [0.4, 0.5) is 136 Å². The predicted octanol–water partition coefficient (Wildman–Crippen LogP) is 39.1. The van der Waals surface area contributed by atoms with Gasteiger partial charge in [0.15, 0.2) is 0 Å². The average Bonchev–Trinajstić information content (AvgIpc) is 0.780. The van der Waals surface area contributed by atoms with Crippen molar-refractivity contribution in [3.8, 4) is 39.5 Å². The quantitative estimate of drug-likeness (QED) is 0.0451. The van der Waals surface area contributed by atoms with Crippen LogP contribution in [0.15, 0.2) is 588 Å². The van der Waals surface area contributed by atoms with E-state index in [0.717, 1.165) is 154 Å². The third kappa shape index (κ3) is 21.9. The van der Waals surface area contributed by atoms with Gasteiger partial charge in [0.25, 0.3) is 0 Å². The third-order valence-electron chi connectivity index (χ3n) is 26.8. The van der Waals surface area contributed by atoms with Gasteiger partial charge in [-0.25, -0.2) is 0 Å². The van der Waals surface area contributed by atoms with E-state index >= 15 is 0 Å². The number of hydrogen-bond acceptors (Lipinski definition) is 11. The normalized spacial score (nSPS) is 10.8. The largest absolute Gasteiger partial charge is 0.497 e. The predicted molar refractivity (Wildman–Crippen MR) is 632 cm³/mol. The minimum absolute atomic E-state index is 0.794. The highest BCUT2D eigenvalue weighted by Gasteiger charge is 2.25. The first kappa shape index (κ1) is 96.5. The highest BCUT2D eigenvalue weighted by Crippen LogP contribution is 2.49. The lowest BCUT2D eigenvalue weighted by atomic mass is 10.0. The summed E-state index contributed by atoms with van der Waals surface area (Å²) in [6.45, 7) is 4.27. The summed E-state index contributed by atoms with van der Waals surface area (Å²) in [6.07, 6.45) is 0. The molecule has 0 saturated carbocycles. The van der Waals surface area contributed by atoms with Crippen molar-refractivity contribution in [2.75, 3.05) is 60.5 Å². The second-order valence-electron chi connectivity index (χ2n) is 36.5. The smallest absolute Gasteiger partial charge is 0.120 e. The number of rotatable bonds is 29. The Morgan fingerprint density at radius 2 is 0.287 bits per heavy atom. The van der Waals surface area contributed by atoms with Crippen LogP contribution < -0.4 is 53.4 Å². The Labute approximate surface area is 879 Å². The van der Waals surface area contributed by atoms with Gasteiger partial charge in [0.2, 0.25) is 0 Å². The van der Waals surface area contributed by atoms with Crippen molar-refractivity contribution in [1.29, 1.82) is 0 Å². The van der Waals surface area contributed by atoms with Gasteiger partial charge < -0.3 is 53.4 Å². The maximum absolute atomic E-state index is 5.64. The average molecular weight is 1940 g/mol. The van der Waals surface area contributed by atoms with E-state index in [1.165, 1.54) is 54.9 Å². The highest BCUT2D eigenvalue weighted by atomic mass is 16.5. The maximum Gasteiger partial charge on any atom is 0.120 e. The van der Waals surface area contributed by atoms with Crippen LogP contribution in [0.3, 0.4) is 0 Å². The molecule has 0 heterocycles. The molecule has 23 aromatic carbocycles. The molecule has 0 saturated heterocycles. The Morgan fingerprint density at radius 1 is 0.127 bits per heavy atom. The number of nitrogens with zero attached hydrogens (tertiary/aromatic N) is 8. The molecule has 0 unspecified atom stereocenters. The summed E-state index contributed by atoms with van der Waals surface area (Å²) < 4.78 is 16.9. The first-order valence-corrected chi connectivity index (χ1v) is 50.6. The molecule has 726 valence electrons. The van der Waals surface area contributed by atoms with Crippen LogP contribution in [-0.2, 0) is 0 Å². The number of benzene rings is 23. The number of para-hydroxylation sites is 7. The van der Waals surface area contributed by atoms with Crippen molar-refractivity contribution in [3.05, 3.63) is 600 Å². The molecule has 11 heteroatoms. The van der Waals surface area contributed by atoms with E-state index < -0.39 is 0 Å². The van der Waals surface area contributed by atoms with Crippen molar-refractivity contribution in [2.24, 2.45) is 0 Å². The Kier molecular flexibility index (Phi) is 29.6. The van der Waals surface area contributed by atoms with Crippen LogP contribution in [0.5, 0.6) is 17.2 Å². The molecule has 0 radical (unpaired) electrons.